The minimum atomic E-state index is -1.61. The van der Waals surface area contributed by atoms with E-state index in [0.717, 1.165) is 0 Å². The van der Waals surface area contributed by atoms with E-state index in [1.54, 1.807) is 44.6 Å². The summed E-state index contributed by atoms with van der Waals surface area (Å²) in [6, 6.07) is 9.24. The highest BCUT2D eigenvalue weighted by Gasteiger charge is 2.47. The van der Waals surface area contributed by atoms with Crippen molar-refractivity contribution >= 4 is 13.6 Å². The van der Waals surface area contributed by atoms with Crippen LogP contribution in [0.2, 0.25) is 18.6 Å². The lowest BCUT2D eigenvalue weighted by molar-refractivity contribution is 0.952. The van der Waals surface area contributed by atoms with Gasteiger partial charge in [-0.2, -0.15) is 0 Å². The summed E-state index contributed by atoms with van der Waals surface area (Å²) in [4.78, 5) is 0. The molecule has 1 atom stereocenters. The van der Waals surface area contributed by atoms with Crippen LogP contribution in [0.5, 0.6) is 0 Å². The second-order valence-electron chi connectivity index (χ2n) is 8.80. The van der Waals surface area contributed by atoms with Crippen LogP contribution >= 0.6 is 0 Å². The third-order valence-electron chi connectivity index (χ3n) is 7.11. The van der Waals surface area contributed by atoms with Crippen LogP contribution in [0, 0.1) is 0 Å². The number of fused-ring (bicyclic) bond motifs is 1. The largest absolute Gasteiger partial charge is 0.0717 e. The van der Waals surface area contributed by atoms with Crippen molar-refractivity contribution in [3.8, 4) is 0 Å². The molecule has 1 aromatic carbocycles. The Morgan fingerprint density at radius 2 is 1.36 bits per heavy atom. The predicted octanol–water partition coefficient (Wildman–Crippen LogP) is 7.66. The molecule has 0 radical (unpaired) electrons. The average Bonchev–Trinajstić information content (AvgIpc) is 2.96. The molecule has 1 unspecified atom stereocenters. The van der Waals surface area contributed by atoms with E-state index in [1.807, 2.05) is 0 Å². The Labute approximate surface area is 155 Å². The molecule has 2 aliphatic rings. The molecule has 0 nitrogen and oxygen atoms in total. The molecule has 0 amide bonds. The van der Waals surface area contributed by atoms with E-state index >= 15 is 0 Å². The van der Waals surface area contributed by atoms with E-state index in [9.17, 15) is 0 Å². The van der Waals surface area contributed by atoms with Crippen LogP contribution in [0.4, 0.5) is 0 Å². The second-order valence-corrected chi connectivity index (χ2v) is 13.6. The van der Waals surface area contributed by atoms with Crippen molar-refractivity contribution in [3.63, 3.8) is 0 Å². The third-order valence-corrected chi connectivity index (χ3v) is 11.7. The highest BCUT2D eigenvalue weighted by Crippen LogP contribution is 2.56. The molecule has 0 aromatic heterocycles. The molecule has 0 saturated carbocycles. The first-order chi connectivity index (χ1) is 11.7. The molecule has 3 rings (SSSR count). The van der Waals surface area contributed by atoms with E-state index in [2.05, 4.69) is 78.9 Å². The van der Waals surface area contributed by atoms with Crippen molar-refractivity contribution in [3.05, 3.63) is 63.3 Å². The zero-order valence-corrected chi connectivity index (χ0v) is 18.4. The molecule has 0 fully saturated rings. The van der Waals surface area contributed by atoms with Gasteiger partial charge in [0.2, 0.25) is 0 Å². The van der Waals surface area contributed by atoms with Gasteiger partial charge in [-0.15, -0.1) is 0 Å². The predicted molar refractivity (Wildman–Crippen MR) is 115 cm³/mol. The highest BCUT2D eigenvalue weighted by atomic mass is 28.3. The van der Waals surface area contributed by atoms with Gasteiger partial charge in [0.05, 0.1) is 8.07 Å². The number of hydrogen-bond acceptors (Lipinski definition) is 0. The molecule has 134 valence electrons. The van der Waals surface area contributed by atoms with Gasteiger partial charge in [0.1, 0.15) is 0 Å². The van der Waals surface area contributed by atoms with Crippen molar-refractivity contribution < 1.29 is 0 Å². The van der Waals surface area contributed by atoms with Gasteiger partial charge in [-0.05, 0) is 74.4 Å². The lowest BCUT2D eigenvalue weighted by atomic mass is 10.0. The van der Waals surface area contributed by atoms with Crippen LogP contribution in [-0.4, -0.2) is 8.07 Å². The van der Waals surface area contributed by atoms with Crippen molar-refractivity contribution in [1.82, 2.24) is 0 Å². The van der Waals surface area contributed by atoms with Crippen LogP contribution in [-0.2, 0) is 0 Å². The van der Waals surface area contributed by atoms with Crippen LogP contribution in [0.1, 0.15) is 71.1 Å². The highest BCUT2D eigenvalue weighted by molar-refractivity contribution is 6.82. The lowest BCUT2D eigenvalue weighted by Gasteiger charge is -2.39. The molecule has 0 heterocycles. The molecule has 2 aliphatic carbocycles. The van der Waals surface area contributed by atoms with Crippen LogP contribution in [0.15, 0.2) is 52.1 Å². The van der Waals surface area contributed by atoms with Crippen molar-refractivity contribution in [2.75, 3.05) is 0 Å². The molecule has 0 bridgehead atoms. The molecule has 25 heavy (non-hydrogen) atoms. The minimum Gasteiger partial charge on any atom is -0.0679 e. The molecule has 0 aliphatic heterocycles. The second kappa shape index (κ2) is 6.43. The van der Waals surface area contributed by atoms with Crippen LogP contribution in [0.25, 0.3) is 5.57 Å². The maximum Gasteiger partial charge on any atom is 0.0717 e. The number of rotatable bonds is 4. The van der Waals surface area contributed by atoms with Gasteiger partial charge in [-0.25, -0.2) is 0 Å². The summed E-state index contributed by atoms with van der Waals surface area (Å²) in [5.74, 6) is 0. The lowest BCUT2D eigenvalue weighted by Crippen LogP contribution is -2.41. The SMILES string of the molecule is CCCC1=C(C)C([Si](C)(C)C2C(C)=C(C)C(C)=C2C)c2ccccc21. The van der Waals surface area contributed by atoms with Gasteiger partial charge in [0.25, 0.3) is 0 Å². The standard InChI is InChI=1S/C24H34Si/c1-9-12-20-19(6)24(22-14-11-10-13-21(20)22)25(7,8)23-17(4)15(2)16(3)18(23)5/h10-11,13-14,23-24H,9,12H2,1-8H3. The van der Waals surface area contributed by atoms with Crippen molar-refractivity contribution in [2.24, 2.45) is 0 Å². The zero-order chi connectivity index (χ0) is 18.5. The molecule has 1 heteroatoms. The average molecular weight is 351 g/mol. The summed E-state index contributed by atoms with van der Waals surface area (Å²) in [7, 11) is -1.61. The van der Waals surface area contributed by atoms with E-state index in [4.69, 9.17) is 0 Å². The Balaban J connectivity index is 2.15. The van der Waals surface area contributed by atoms with Crippen LogP contribution < -0.4 is 0 Å². The maximum atomic E-state index is 2.64. The number of benzene rings is 1. The first-order valence-corrected chi connectivity index (χ1v) is 13.0. The fraction of sp³-hybridized carbons (Fsp3) is 0.500. The van der Waals surface area contributed by atoms with Gasteiger partial charge in [0, 0.05) is 5.54 Å². The van der Waals surface area contributed by atoms with E-state index in [0.29, 0.717) is 11.1 Å². The van der Waals surface area contributed by atoms with Gasteiger partial charge < -0.3 is 0 Å². The number of hydrogen-bond donors (Lipinski definition) is 0. The van der Waals surface area contributed by atoms with Gasteiger partial charge in [0.15, 0.2) is 0 Å². The third kappa shape index (κ3) is 2.63. The van der Waals surface area contributed by atoms with Crippen molar-refractivity contribution in [2.45, 2.75) is 78.6 Å². The summed E-state index contributed by atoms with van der Waals surface area (Å²) in [5.41, 5.74) is 14.2. The van der Waals surface area contributed by atoms with Crippen LogP contribution in [0.3, 0.4) is 0 Å². The molecule has 0 spiro atoms. The summed E-state index contributed by atoms with van der Waals surface area (Å²) in [6.07, 6.45) is 2.45. The smallest absolute Gasteiger partial charge is 0.0679 e. The molecule has 1 aromatic rings. The summed E-state index contributed by atoms with van der Waals surface area (Å²) in [5, 5.41) is 0. The first-order valence-electron chi connectivity index (χ1n) is 9.87. The fourth-order valence-corrected chi connectivity index (χ4v) is 11.2. The normalized spacial score (nSPS) is 21.7. The first kappa shape index (κ1) is 18.4. The summed E-state index contributed by atoms with van der Waals surface area (Å²) in [6.45, 7) is 19.4. The quantitative estimate of drug-likeness (QED) is 0.489. The number of allylic oxidation sites excluding steroid dienone is 6. The topological polar surface area (TPSA) is 0 Å². The van der Waals surface area contributed by atoms with Gasteiger partial charge in [-0.1, -0.05) is 67.4 Å². The van der Waals surface area contributed by atoms with E-state index in [-0.39, 0.29) is 0 Å². The Bertz CT molecular complexity index is 777. The molecular weight excluding hydrogens is 316 g/mol. The minimum absolute atomic E-state index is 0.652. The molecule has 0 N–H and O–H groups in total. The van der Waals surface area contributed by atoms with Crippen molar-refractivity contribution in [1.29, 1.82) is 0 Å². The molecular formula is C24H34Si. The Hall–Kier alpha value is -1.34. The fourth-order valence-electron chi connectivity index (χ4n) is 5.82. The van der Waals surface area contributed by atoms with Gasteiger partial charge in [-0.3, -0.25) is 0 Å². The Morgan fingerprint density at radius 3 is 1.92 bits per heavy atom. The van der Waals surface area contributed by atoms with E-state index in [1.165, 1.54) is 12.8 Å². The summed E-state index contributed by atoms with van der Waals surface area (Å²) < 4.78 is 0. The Morgan fingerprint density at radius 1 is 0.800 bits per heavy atom. The summed E-state index contributed by atoms with van der Waals surface area (Å²) >= 11 is 0. The zero-order valence-electron chi connectivity index (χ0n) is 17.4. The maximum absolute atomic E-state index is 2.64. The molecule has 0 saturated heterocycles. The van der Waals surface area contributed by atoms with Gasteiger partial charge >= 0.3 is 0 Å². The monoisotopic (exact) mass is 350 g/mol. The van der Waals surface area contributed by atoms with E-state index < -0.39 is 8.07 Å². The Kier molecular flexibility index (Phi) is 4.74.